The molecule has 0 radical (unpaired) electrons. The zero-order valence-electron chi connectivity index (χ0n) is 9.24. The van der Waals surface area contributed by atoms with Crippen molar-refractivity contribution in [2.75, 3.05) is 5.88 Å². The van der Waals surface area contributed by atoms with E-state index in [0.717, 1.165) is 23.5 Å². The smallest absolute Gasteiger partial charge is 0.123 e. The fourth-order valence-corrected chi connectivity index (χ4v) is 2.68. The third-order valence-corrected chi connectivity index (χ3v) is 3.69. The highest BCUT2D eigenvalue weighted by molar-refractivity contribution is 7.13. The Kier molecular flexibility index (Phi) is 3.97. The molecule has 0 aliphatic heterocycles. The molecule has 1 nitrogen and oxygen atoms in total. The Labute approximate surface area is 105 Å². The van der Waals surface area contributed by atoms with E-state index in [1.165, 1.54) is 11.1 Å². The van der Waals surface area contributed by atoms with E-state index < -0.39 is 0 Å². The third-order valence-electron chi connectivity index (χ3n) is 2.49. The molecule has 2 aromatic rings. The molecule has 0 saturated carbocycles. The van der Waals surface area contributed by atoms with E-state index in [-0.39, 0.29) is 0 Å². The molecule has 0 spiro atoms. The SMILES string of the molecule is Cc1ccccc1-c1nc(CCCCl)cs1. The lowest BCUT2D eigenvalue weighted by molar-refractivity contribution is 0.899. The molecule has 0 saturated heterocycles. The van der Waals surface area contributed by atoms with Gasteiger partial charge in [0, 0.05) is 16.8 Å². The molecular weight excluding hydrogens is 238 g/mol. The lowest BCUT2D eigenvalue weighted by Gasteiger charge is -2.00. The molecule has 0 unspecified atom stereocenters. The largest absolute Gasteiger partial charge is 0.241 e. The highest BCUT2D eigenvalue weighted by Crippen LogP contribution is 2.26. The Morgan fingerprint density at radius 3 is 2.88 bits per heavy atom. The first kappa shape index (κ1) is 11.6. The summed E-state index contributed by atoms with van der Waals surface area (Å²) < 4.78 is 0. The van der Waals surface area contributed by atoms with Gasteiger partial charge in [0.25, 0.3) is 0 Å². The van der Waals surface area contributed by atoms with Crippen molar-refractivity contribution in [3.8, 4) is 10.6 Å². The van der Waals surface area contributed by atoms with Crippen molar-refractivity contribution >= 4 is 22.9 Å². The van der Waals surface area contributed by atoms with Gasteiger partial charge in [-0.3, -0.25) is 0 Å². The van der Waals surface area contributed by atoms with Crippen molar-refractivity contribution in [3.05, 3.63) is 40.9 Å². The number of alkyl halides is 1. The molecule has 0 aliphatic carbocycles. The number of thiazole rings is 1. The minimum Gasteiger partial charge on any atom is -0.241 e. The van der Waals surface area contributed by atoms with E-state index in [1.54, 1.807) is 11.3 Å². The minimum atomic E-state index is 0.706. The van der Waals surface area contributed by atoms with Crippen LogP contribution in [0.1, 0.15) is 17.7 Å². The van der Waals surface area contributed by atoms with Crippen LogP contribution in [0.5, 0.6) is 0 Å². The van der Waals surface area contributed by atoms with Gasteiger partial charge in [-0.15, -0.1) is 22.9 Å². The fraction of sp³-hybridized carbons (Fsp3) is 0.308. The van der Waals surface area contributed by atoms with Gasteiger partial charge < -0.3 is 0 Å². The summed E-state index contributed by atoms with van der Waals surface area (Å²) in [5, 5.41) is 3.25. The van der Waals surface area contributed by atoms with Gasteiger partial charge in [0.1, 0.15) is 5.01 Å². The zero-order chi connectivity index (χ0) is 11.4. The van der Waals surface area contributed by atoms with Crippen LogP contribution in [-0.4, -0.2) is 10.9 Å². The fourth-order valence-electron chi connectivity index (χ4n) is 1.61. The van der Waals surface area contributed by atoms with E-state index in [1.807, 2.05) is 0 Å². The summed E-state index contributed by atoms with van der Waals surface area (Å²) in [5.74, 6) is 0.706. The second kappa shape index (κ2) is 5.46. The zero-order valence-corrected chi connectivity index (χ0v) is 10.8. The Bertz CT molecular complexity index is 464. The Morgan fingerprint density at radius 2 is 2.12 bits per heavy atom. The number of rotatable bonds is 4. The quantitative estimate of drug-likeness (QED) is 0.739. The average molecular weight is 252 g/mol. The van der Waals surface area contributed by atoms with Crippen LogP contribution in [-0.2, 0) is 6.42 Å². The maximum Gasteiger partial charge on any atom is 0.123 e. The molecule has 0 bridgehead atoms. The molecule has 16 heavy (non-hydrogen) atoms. The van der Waals surface area contributed by atoms with Gasteiger partial charge in [0.2, 0.25) is 0 Å². The second-order valence-electron chi connectivity index (χ2n) is 3.75. The lowest BCUT2D eigenvalue weighted by Crippen LogP contribution is -1.87. The monoisotopic (exact) mass is 251 g/mol. The molecule has 1 aromatic carbocycles. The molecule has 3 heteroatoms. The highest BCUT2D eigenvalue weighted by atomic mass is 35.5. The molecule has 0 amide bonds. The van der Waals surface area contributed by atoms with Gasteiger partial charge in [0.15, 0.2) is 0 Å². The molecule has 0 fully saturated rings. The van der Waals surface area contributed by atoms with Crippen LogP contribution in [0.25, 0.3) is 10.6 Å². The Morgan fingerprint density at radius 1 is 1.31 bits per heavy atom. The number of nitrogens with zero attached hydrogens (tertiary/aromatic N) is 1. The van der Waals surface area contributed by atoms with Gasteiger partial charge >= 0.3 is 0 Å². The van der Waals surface area contributed by atoms with Crippen LogP contribution < -0.4 is 0 Å². The number of benzene rings is 1. The van der Waals surface area contributed by atoms with Crippen molar-refractivity contribution < 1.29 is 0 Å². The first-order chi connectivity index (χ1) is 7.81. The summed E-state index contributed by atoms with van der Waals surface area (Å²) in [6, 6.07) is 8.36. The molecule has 0 N–H and O–H groups in total. The van der Waals surface area contributed by atoms with Crippen LogP contribution in [0.2, 0.25) is 0 Å². The molecule has 1 heterocycles. The summed E-state index contributed by atoms with van der Waals surface area (Å²) in [4.78, 5) is 4.64. The van der Waals surface area contributed by atoms with E-state index in [2.05, 4.69) is 41.6 Å². The van der Waals surface area contributed by atoms with Crippen molar-refractivity contribution in [3.63, 3.8) is 0 Å². The van der Waals surface area contributed by atoms with Crippen LogP contribution >= 0.6 is 22.9 Å². The van der Waals surface area contributed by atoms with E-state index >= 15 is 0 Å². The first-order valence-corrected chi connectivity index (χ1v) is 6.79. The summed E-state index contributed by atoms with van der Waals surface area (Å²) in [6.45, 7) is 2.12. The molecular formula is C13H14ClNS. The number of aromatic nitrogens is 1. The summed E-state index contributed by atoms with van der Waals surface area (Å²) >= 11 is 7.39. The molecule has 2 rings (SSSR count). The van der Waals surface area contributed by atoms with Gasteiger partial charge in [-0.1, -0.05) is 24.3 Å². The minimum absolute atomic E-state index is 0.706. The standard InChI is InChI=1S/C13H14ClNS/c1-10-5-2-3-7-12(10)13-15-11(9-16-13)6-4-8-14/h2-3,5,7,9H,4,6,8H2,1H3. The second-order valence-corrected chi connectivity index (χ2v) is 4.99. The van der Waals surface area contributed by atoms with Gasteiger partial charge in [-0.05, 0) is 25.3 Å². The van der Waals surface area contributed by atoms with Crippen LogP contribution in [0.15, 0.2) is 29.6 Å². The predicted molar refractivity (Wildman–Crippen MR) is 71.3 cm³/mol. The number of aryl methyl sites for hydroxylation is 2. The number of hydrogen-bond donors (Lipinski definition) is 0. The van der Waals surface area contributed by atoms with E-state index in [0.29, 0.717) is 5.88 Å². The molecule has 0 aliphatic rings. The highest BCUT2D eigenvalue weighted by Gasteiger charge is 2.06. The van der Waals surface area contributed by atoms with Crippen molar-refractivity contribution in [2.24, 2.45) is 0 Å². The van der Waals surface area contributed by atoms with Gasteiger partial charge in [-0.2, -0.15) is 0 Å². The van der Waals surface area contributed by atoms with Gasteiger partial charge in [-0.25, -0.2) is 4.98 Å². The van der Waals surface area contributed by atoms with E-state index in [9.17, 15) is 0 Å². The maximum absolute atomic E-state index is 5.68. The Hall–Kier alpha value is -0.860. The van der Waals surface area contributed by atoms with Gasteiger partial charge in [0.05, 0.1) is 5.69 Å². The van der Waals surface area contributed by atoms with E-state index in [4.69, 9.17) is 11.6 Å². The number of hydrogen-bond acceptors (Lipinski definition) is 2. The maximum atomic E-state index is 5.68. The molecule has 0 atom stereocenters. The van der Waals surface area contributed by atoms with Crippen molar-refractivity contribution in [2.45, 2.75) is 19.8 Å². The Balaban J connectivity index is 2.22. The first-order valence-electron chi connectivity index (χ1n) is 5.37. The molecule has 84 valence electrons. The third kappa shape index (κ3) is 2.63. The summed E-state index contributed by atoms with van der Waals surface area (Å²) in [7, 11) is 0. The lowest BCUT2D eigenvalue weighted by atomic mass is 10.1. The normalized spacial score (nSPS) is 10.6. The topological polar surface area (TPSA) is 12.9 Å². The van der Waals surface area contributed by atoms with Crippen LogP contribution in [0.3, 0.4) is 0 Å². The van der Waals surface area contributed by atoms with Crippen molar-refractivity contribution in [1.29, 1.82) is 0 Å². The summed E-state index contributed by atoms with van der Waals surface area (Å²) in [5.41, 5.74) is 3.68. The van der Waals surface area contributed by atoms with Crippen LogP contribution in [0, 0.1) is 6.92 Å². The molecule has 1 aromatic heterocycles. The van der Waals surface area contributed by atoms with Crippen molar-refractivity contribution in [1.82, 2.24) is 4.98 Å². The van der Waals surface area contributed by atoms with Crippen LogP contribution in [0.4, 0.5) is 0 Å². The average Bonchev–Trinajstić information content (AvgIpc) is 2.75. The summed E-state index contributed by atoms with van der Waals surface area (Å²) in [6.07, 6.45) is 1.98. The predicted octanol–water partition coefficient (Wildman–Crippen LogP) is 4.29. The number of halogens is 1.